The fraction of sp³-hybridized carbons (Fsp3) is 0.684. The number of carbonyl (C=O) groups excluding carboxylic acids is 9. The lowest BCUT2D eigenvalue weighted by molar-refractivity contribution is -0.153. The van der Waals surface area contributed by atoms with Crippen molar-refractivity contribution < 1.29 is 78.0 Å². The predicted molar refractivity (Wildman–Crippen MR) is 299 cm³/mol. The zero-order valence-electron chi connectivity index (χ0n) is 49.4. The minimum absolute atomic E-state index is 0.0736. The first-order chi connectivity index (χ1) is 38.5. The number of carboxylic acid groups (broad SMARTS) is 3. The van der Waals surface area contributed by atoms with Crippen molar-refractivity contribution in [3.8, 4) is 0 Å². The first-order valence-corrected chi connectivity index (χ1v) is 28.5. The summed E-state index contributed by atoms with van der Waals surface area (Å²) in [6.45, 7) is 13.2. The summed E-state index contributed by atoms with van der Waals surface area (Å²) in [7, 11) is 3.81. The van der Waals surface area contributed by atoms with E-state index in [4.69, 9.17) is 0 Å². The Labute approximate surface area is 480 Å². The molecular weight excluding hydrogens is 1070 g/mol. The standard InChI is InChI=1S/C57H89N9O16/c1-12-34(7)46(55(79)66-28-18-17-22-40(66)51(75)60-45(32(3)4)54(78)63(10)41(57(81)82)25-27-44(70)71)61-50(74)38(24-26-43(68)69)62(9)56(80)47(33(5)6)64(11)42(67)31-58-49(73)39-23-19-29-65(39)53(77)37(30-36-20-15-14-16-21-36)59-52(76)48(72)35(8)13-2/h14-16,20-21,32-35,37-41,45-48,72H,12-13,17-19,22-31H2,1-11H3,(H,58,73)(H,59,76)(H,60,75)(H,61,74)(H,68,69)(H,70,71)(H,81,82)/t34?,35?,37-,38-,39-,40-,41-,45-,46-,47-,48-/m0/s1. The number of piperidine rings is 1. The number of likely N-dealkylation sites (N-methyl/N-ethyl adjacent to an activating group) is 3. The van der Waals surface area contributed by atoms with Crippen molar-refractivity contribution >= 4 is 71.1 Å². The van der Waals surface area contributed by atoms with Gasteiger partial charge in [0, 0.05) is 53.5 Å². The summed E-state index contributed by atoms with van der Waals surface area (Å²) in [5, 5.41) is 50.2. The lowest BCUT2D eigenvalue weighted by Gasteiger charge is -2.40. The van der Waals surface area contributed by atoms with E-state index < -0.39 is 181 Å². The van der Waals surface area contributed by atoms with Crippen molar-refractivity contribution in [2.24, 2.45) is 23.7 Å². The van der Waals surface area contributed by atoms with Crippen LogP contribution in [0.15, 0.2) is 30.3 Å². The minimum atomic E-state index is -1.51. The van der Waals surface area contributed by atoms with Gasteiger partial charge in [-0.1, -0.05) is 98.6 Å². The zero-order chi connectivity index (χ0) is 61.9. The number of aliphatic carboxylic acids is 3. The van der Waals surface area contributed by atoms with Crippen LogP contribution in [0.3, 0.4) is 0 Å². The Bertz CT molecular complexity index is 2420. The second kappa shape index (κ2) is 32.5. The summed E-state index contributed by atoms with van der Waals surface area (Å²) >= 11 is 0. The summed E-state index contributed by atoms with van der Waals surface area (Å²) in [6, 6.07) is -1.24. The molecule has 9 amide bonds. The first kappa shape index (κ1) is 69.1. The molecule has 0 bridgehead atoms. The van der Waals surface area contributed by atoms with Gasteiger partial charge >= 0.3 is 17.9 Å². The Hall–Kier alpha value is -7.18. The van der Waals surface area contributed by atoms with E-state index >= 15 is 0 Å². The van der Waals surface area contributed by atoms with E-state index in [1.807, 2.05) is 6.92 Å². The molecule has 82 heavy (non-hydrogen) atoms. The fourth-order valence-electron chi connectivity index (χ4n) is 10.3. The van der Waals surface area contributed by atoms with Gasteiger partial charge in [-0.2, -0.15) is 0 Å². The van der Waals surface area contributed by atoms with Gasteiger partial charge in [0.2, 0.25) is 53.2 Å². The Kier molecular flexibility index (Phi) is 27.3. The van der Waals surface area contributed by atoms with Crippen LogP contribution in [0.25, 0.3) is 0 Å². The number of likely N-dealkylation sites (tertiary alicyclic amines) is 2. The number of carboxylic acids is 3. The molecule has 2 aliphatic heterocycles. The van der Waals surface area contributed by atoms with Crippen molar-refractivity contribution in [1.29, 1.82) is 0 Å². The average molecular weight is 1160 g/mol. The highest BCUT2D eigenvalue weighted by Gasteiger charge is 2.44. The van der Waals surface area contributed by atoms with E-state index in [9.17, 15) is 78.0 Å². The predicted octanol–water partition coefficient (Wildman–Crippen LogP) is 1.23. The minimum Gasteiger partial charge on any atom is -0.481 e. The van der Waals surface area contributed by atoms with Crippen LogP contribution in [0, 0.1) is 23.7 Å². The van der Waals surface area contributed by atoms with E-state index in [0.29, 0.717) is 32.1 Å². The molecule has 1 aromatic rings. The van der Waals surface area contributed by atoms with Gasteiger partial charge in [0.1, 0.15) is 54.4 Å². The lowest BCUT2D eigenvalue weighted by Crippen LogP contribution is -2.63. The molecule has 0 aromatic heterocycles. The molecule has 0 aliphatic carbocycles. The number of nitrogens with zero attached hydrogens (tertiary/aromatic N) is 5. The van der Waals surface area contributed by atoms with Crippen LogP contribution in [0.4, 0.5) is 0 Å². The molecule has 2 fully saturated rings. The Morgan fingerprint density at radius 3 is 1.68 bits per heavy atom. The molecule has 3 rings (SSSR count). The van der Waals surface area contributed by atoms with Gasteiger partial charge in [-0.15, -0.1) is 0 Å². The van der Waals surface area contributed by atoms with Crippen molar-refractivity contribution in [2.45, 2.75) is 187 Å². The molecular formula is C57H89N9O16. The Morgan fingerprint density at radius 1 is 0.598 bits per heavy atom. The maximum absolute atomic E-state index is 14.7. The Balaban J connectivity index is 1.83. The third-order valence-corrected chi connectivity index (χ3v) is 15.9. The maximum Gasteiger partial charge on any atom is 0.326 e. The van der Waals surface area contributed by atoms with E-state index in [-0.39, 0.29) is 32.4 Å². The molecule has 2 heterocycles. The van der Waals surface area contributed by atoms with Gasteiger partial charge in [-0.3, -0.25) is 52.7 Å². The normalized spacial score (nSPS) is 18.5. The fourth-order valence-corrected chi connectivity index (χ4v) is 10.3. The van der Waals surface area contributed by atoms with E-state index in [1.165, 1.54) is 30.9 Å². The van der Waals surface area contributed by atoms with E-state index in [2.05, 4.69) is 21.3 Å². The monoisotopic (exact) mass is 1160 g/mol. The molecule has 2 aliphatic rings. The average Bonchev–Trinajstić information content (AvgIpc) is 3.95. The molecule has 458 valence electrons. The van der Waals surface area contributed by atoms with E-state index in [0.717, 1.165) is 20.3 Å². The largest absolute Gasteiger partial charge is 0.481 e. The summed E-state index contributed by atoms with van der Waals surface area (Å²) in [5.74, 6) is -12.6. The summed E-state index contributed by atoms with van der Waals surface area (Å²) in [6.07, 6.45) is -0.555. The van der Waals surface area contributed by atoms with Crippen molar-refractivity contribution in [3.63, 3.8) is 0 Å². The second-order valence-electron chi connectivity index (χ2n) is 22.5. The van der Waals surface area contributed by atoms with Crippen molar-refractivity contribution in [1.82, 2.24) is 45.8 Å². The number of aliphatic hydroxyl groups excluding tert-OH is 1. The number of aliphatic hydroxyl groups is 1. The van der Waals surface area contributed by atoms with Gasteiger partial charge < -0.3 is 66.2 Å². The summed E-state index contributed by atoms with van der Waals surface area (Å²) < 4.78 is 0. The molecule has 0 radical (unpaired) electrons. The quantitative estimate of drug-likeness (QED) is 0.0518. The van der Waals surface area contributed by atoms with Crippen LogP contribution >= 0.6 is 0 Å². The molecule has 0 saturated carbocycles. The highest BCUT2D eigenvalue weighted by molar-refractivity contribution is 5.98. The number of hydrogen-bond donors (Lipinski definition) is 8. The molecule has 11 atom stereocenters. The van der Waals surface area contributed by atoms with Crippen molar-refractivity contribution in [3.05, 3.63) is 35.9 Å². The number of nitrogens with one attached hydrogen (secondary N) is 4. The zero-order valence-corrected chi connectivity index (χ0v) is 49.4. The SMILES string of the molecule is CCC(C)[C@H](O)C(=O)N[C@@H](Cc1ccccc1)C(=O)N1CCC[C@H]1C(=O)NCC(=O)N(C)[C@H](C(=O)N(C)[C@@H](CCC(=O)O)C(=O)N[C@H](C(=O)N1CCCC[C@H]1C(=O)N[C@H](C(=O)N(C)[C@@H](CCC(=O)O)C(=O)O)C(C)C)C(C)CC)C(C)C. The van der Waals surface area contributed by atoms with Crippen molar-refractivity contribution in [2.75, 3.05) is 40.8 Å². The molecule has 0 spiro atoms. The van der Waals surface area contributed by atoms with Crippen LogP contribution in [0.1, 0.15) is 132 Å². The third-order valence-electron chi connectivity index (χ3n) is 15.9. The highest BCUT2D eigenvalue weighted by Crippen LogP contribution is 2.25. The number of amides is 9. The number of carbonyl (C=O) groups is 12. The number of benzene rings is 1. The molecule has 8 N–H and O–H groups in total. The van der Waals surface area contributed by atoms with Gasteiger partial charge in [0.05, 0.1) is 6.54 Å². The first-order valence-electron chi connectivity index (χ1n) is 28.5. The number of hydrogen-bond acceptors (Lipinski definition) is 13. The number of rotatable bonds is 31. The third kappa shape index (κ3) is 18.9. The van der Waals surface area contributed by atoms with E-state index in [1.54, 1.807) is 78.8 Å². The smallest absolute Gasteiger partial charge is 0.326 e. The van der Waals surface area contributed by atoms with Crippen LogP contribution in [-0.4, -0.2) is 211 Å². The summed E-state index contributed by atoms with van der Waals surface area (Å²) in [4.78, 5) is 168. The highest BCUT2D eigenvalue weighted by atomic mass is 16.4. The van der Waals surface area contributed by atoms with Crippen LogP contribution < -0.4 is 21.3 Å². The molecule has 2 unspecified atom stereocenters. The van der Waals surface area contributed by atoms with Crippen LogP contribution in [0.2, 0.25) is 0 Å². The van der Waals surface area contributed by atoms with Gasteiger partial charge in [-0.05, 0) is 74.2 Å². The van der Waals surface area contributed by atoms with Gasteiger partial charge in [0.15, 0.2) is 0 Å². The second-order valence-corrected chi connectivity index (χ2v) is 22.5. The van der Waals surface area contributed by atoms with Crippen LogP contribution in [-0.2, 0) is 64.0 Å². The molecule has 25 heteroatoms. The molecule has 2 saturated heterocycles. The maximum atomic E-state index is 14.7. The topological polar surface area (TPSA) is 350 Å². The van der Waals surface area contributed by atoms with Gasteiger partial charge in [-0.25, -0.2) is 4.79 Å². The van der Waals surface area contributed by atoms with Gasteiger partial charge in [0.25, 0.3) is 0 Å². The Morgan fingerprint density at radius 2 is 1.13 bits per heavy atom. The molecule has 1 aromatic carbocycles. The summed E-state index contributed by atoms with van der Waals surface area (Å²) in [5.41, 5.74) is 0.728. The lowest BCUT2D eigenvalue weighted by atomic mass is 9.93. The van der Waals surface area contributed by atoms with Crippen LogP contribution in [0.5, 0.6) is 0 Å². The molecule has 25 nitrogen and oxygen atoms in total.